The molecule has 4 rings (SSSR count). The number of carbonyl (C=O) groups excluding carboxylic acids is 4. The Labute approximate surface area is 201 Å². The van der Waals surface area contributed by atoms with Gasteiger partial charge in [0, 0.05) is 22.6 Å². The van der Waals surface area contributed by atoms with Crippen molar-refractivity contribution in [3.05, 3.63) is 88.5 Å². The van der Waals surface area contributed by atoms with Crippen molar-refractivity contribution in [3.8, 4) is 5.69 Å². The van der Waals surface area contributed by atoms with Gasteiger partial charge >= 0.3 is 12.0 Å². The van der Waals surface area contributed by atoms with Gasteiger partial charge in [-0.15, -0.1) is 0 Å². The lowest BCUT2D eigenvalue weighted by Gasteiger charge is -2.22. The van der Waals surface area contributed by atoms with Crippen molar-refractivity contribution in [2.24, 2.45) is 0 Å². The maximum atomic E-state index is 13.3. The molecule has 0 saturated carbocycles. The molecule has 0 radical (unpaired) electrons. The number of Topliss-reactive ketones (excluding diaryl/α,β-unsaturated/α-hetero) is 1. The van der Waals surface area contributed by atoms with Crippen LogP contribution in [-0.2, 0) is 15.1 Å². The van der Waals surface area contributed by atoms with E-state index in [1.807, 2.05) is 11.5 Å². The highest BCUT2D eigenvalue weighted by atomic mass is 19.1. The molecular weight excluding hydrogens is 453 g/mol. The van der Waals surface area contributed by atoms with E-state index in [0.717, 1.165) is 16.3 Å². The minimum absolute atomic E-state index is 0.371. The van der Waals surface area contributed by atoms with E-state index in [2.05, 4.69) is 5.32 Å². The van der Waals surface area contributed by atoms with Crippen molar-refractivity contribution in [1.29, 1.82) is 0 Å². The summed E-state index contributed by atoms with van der Waals surface area (Å²) in [7, 11) is 1.31. The second kappa shape index (κ2) is 8.83. The number of urea groups is 1. The second-order valence-corrected chi connectivity index (χ2v) is 8.54. The Morgan fingerprint density at radius 3 is 2.26 bits per heavy atom. The van der Waals surface area contributed by atoms with Crippen molar-refractivity contribution in [2.75, 3.05) is 13.7 Å². The number of benzene rings is 2. The molecule has 1 aromatic heterocycles. The standard InChI is InChI=1S/C26H24FN3O5/c1-15-13-21(16(2)30(15)20-11-5-17(6-12-20)23(32)35-4)22(31)14-29-24(33)26(3,28-25(29)34)18-7-9-19(27)10-8-18/h5-13H,14H2,1-4H3,(H,28,34)/t26-/m1/s1. The number of amides is 3. The SMILES string of the molecule is COC(=O)c1ccc(-n2c(C)cc(C(=O)CN3C(=O)N[C@](C)(c4ccc(F)cc4)C3=O)c2C)cc1. The molecule has 0 bridgehead atoms. The summed E-state index contributed by atoms with van der Waals surface area (Å²) in [5, 5.41) is 2.62. The van der Waals surface area contributed by atoms with Crippen molar-refractivity contribution in [3.63, 3.8) is 0 Å². The van der Waals surface area contributed by atoms with Crippen LogP contribution in [0.25, 0.3) is 5.69 Å². The van der Waals surface area contributed by atoms with Crippen LogP contribution in [-0.4, -0.2) is 46.8 Å². The average Bonchev–Trinajstić information content (AvgIpc) is 3.26. The minimum Gasteiger partial charge on any atom is -0.465 e. The molecule has 1 fully saturated rings. The zero-order valence-electron chi connectivity index (χ0n) is 19.7. The smallest absolute Gasteiger partial charge is 0.337 e. The van der Waals surface area contributed by atoms with E-state index in [4.69, 9.17) is 4.74 Å². The first-order valence-corrected chi connectivity index (χ1v) is 10.9. The Morgan fingerprint density at radius 2 is 1.66 bits per heavy atom. The van der Waals surface area contributed by atoms with E-state index in [1.165, 1.54) is 38.3 Å². The third kappa shape index (κ3) is 4.09. The highest BCUT2D eigenvalue weighted by Crippen LogP contribution is 2.30. The van der Waals surface area contributed by atoms with Gasteiger partial charge in [0.25, 0.3) is 5.91 Å². The maximum Gasteiger partial charge on any atom is 0.337 e. The molecule has 2 heterocycles. The van der Waals surface area contributed by atoms with Crippen LogP contribution in [0.1, 0.15) is 44.6 Å². The van der Waals surface area contributed by atoms with Gasteiger partial charge in [-0.05, 0) is 68.8 Å². The van der Waals surface area contributed by atoms with Gasteiger partial charge in [-0.25, -0.2) is 14.0 Å². The number of hydrogen-bond acceptors (Lipinski definition) is 5. The monoisotopic (exact) mass is 477 g/mol. The Morgan fingerprint density at radius 1 is 1.03 bits per heavy atom. The minimum atomic E-state index is -1.40. The lowest BCUT2D eigenvalue weighted by Crippen LogP contribution is -2.41. The molecule has 1 N–H and O–H groups in total. The molecule has 3 amide bonds. The predicted molar refractivity (Wildman–Crippen MR) is 125 cm³/mol. The number of imide groups is 1. The number of ether oxygens (including phenoxy) is 1. The topological polar surface area (TPSA) is 97.7 Å². The largest absolute Gasteiger partial charge is 0.465 e. The number of ketones is 1. The first-order valence-electron chi connectivity index (χ1n) is 10.9. The van der Waals surface area contributed by atoms with E-state index in [1.54, 1.807) is 37.3 Å². The summed E-state index contributed by atoms with van der Waals surface area (Å²) in [5.74, 6) is -1.90. The number of methoxy groups -OCH3 is 1. The second-order valence-electron chi connectivity index (χ2n) is 8.54. The predicted octanol–water partition coefficient (Wildman–Crippen LogP) is 3.67. The third-order valence-electron chi connectivity index (χ3n) is 6.28. The van der Waals surface area contributed by atoms with E-state index in [-0.39, 0.29) is 0 Å². The lowest BCUT2D eigenvalue weighted by molar-refractivity contribution is -0.130. The molecule has 35 heavy (non-hydrogen) atoms. The molecule has 3 aromatic rings. The number of halogens is 1. The van der Waals surface area contributed by atoms with Crippen LogP contribution in [0.15, 0.2) is 54.6 Å². The Bertz CT molecular complexity index is 1340. The summed E-state index contributed by atoms with van der Waals surface area (Å²) < 4.78 is 19.9. The van der Waals surface area contributed by atoms with E-state index >= 15 is 0 Å². The molecule has 1 aliphatic heterocycles. The maximum absolute atomic E-state index is 13.3. The highest BCUT2D eigenvalue weighted by molar-refractivity contribution is 6.11. The van der Waals surface area contributed by atoms with E-state index in [0.29, 0.717) is 22.4 Å². The molecule has 9 heteroatoms. The molecule has 0 aliphatic carbocycles. The van der Waals surface area contributed by atoms with Gasteiger partial charge in [0.2, 0.25) is 0 Å². The first-order chi connectivity index (χ1) is 16.6. The summed E-state index contributed by atoms with van der Waals surface area (Å²) in [4.78, 5) is 51.5. The van der Waals surface area contributed by atoms with Crippen molar-refractivity contribution in [2.45, 2.75) is 26.3 Å². The zero-order chi connectivity index (χ0) is 25.5. The number of aromatic nitrogens is 1. The fourth-order valence-corrected chi connectivity index (χ4v) is 4.36. The quantitative estimate of drug-likeness (QED) is 0.332. The number of carbonyl (C=O) groups is 4. The van der Waals surface area contributed by atoms with Crippen LogP contribution in [0, 0.1) is 19.7 Å². The van der Waals surface area contributed by atoms with E-state index in [9.17, 15) is 23.6 Å². The molecule has 8 nitrogen and oxygen atoms in total. The highest BCUT2D eigenvalue weighted by Gasteiger charge is 2.49. The van der Waals surface area contributed by atoms with Crippen LogP contribution in [0.2, 0.25) is 0 Å². The van der Waals surface area contributed by atoms with Gasteiger partial charge in [-0.1, -0.05) is 12.1 Å². The molecule has 1 aliphatic rings. The van der Waals surface area contributed by atoms with Gasteiger partial charge in [-0.2, -0.15) is 0 Å². The molecular formula is C26H24FN3O5. The summed E-state index contributed by atoms with van der Waals surface area (Å²) in [6.45, 7) is 4.68. The lowest BCUT2D eigenvalue weighted by atomic mass is 9.92. The van der Waals surface area contributed by atoms with Gasteiger partial charge in [0.05, 0.1) is 19.2 Å². The molecule has 2 aromatic carbocycles. The van der Waals surface area contributed by atoms with Gasteiger partial charge in [-0.3, -0.25) is 14.5 Å². The zero-order valence-corrected chi connectivity index (χ0v) is 19.7. The molecule has 180 valence electrons. The Kier molecular flexibility index (Phi) is 6.02. The van der Waals surface area contributed by atoms with Crippen LogP contribution in [0.4, 0.5) is 9.18 Å². The average molecular weight is 477 g/mol. The number of nitrogens with one attached hydrogen (secondary N) is 1. The molecule has 0 spiro atoms. The van der Waals surface area contributed by atoms with Gasteiger partial charge in [0.15, 0.2) is 5.78 Å². The van der Waals surface area contributed by atoms with E-state index < -0.39 is 41.6 Å². The van der Waals surface area contributed by atoms with Crippen molar-refractivity contribution >= 4 is 23.7 Å². The molecule has 1 atom stereocenters. The van der Waals surface area contributed by atoms with Crippen molar-refractivity contribution < 1.29 is 28.3 Å². The van der Waals surface area contributed by atoms with Crippen LogP contribution >= 0.6 is 0 Å². The van der Waals surface area contributed by atoms with Gasteiger partial charge < -0.3 is 14.6 Å². The van der Waals surface area contributed by atoms with Crippen LogP contribution in [0.5, 0.6) is 0 Å². The van der Waals surface area contributed by atoms with Crippen molar-refractivity contribution in [1.82, 2.24) is 14.8 Å². The fourth-order valence-electron chi connectivity index (χ4n) is 4.36. The number of rotatable bonds is 6. The Balaban J connectivity index is 1.58. The normalized spacial score (nSPS) is 17.5. The summed E-state index contributed by atoms with van der Waals surface area (Å²) in [6, 6.07) is 13.0. The number of hydrogen-bond donors (Lipinski definition) is 1. The fraction of sp³-hybridized carbons (Fsp3) is 0.231. The molecule has 0 unspecified atom stereocenters. The number of aryl methyl sites for hydroxylation is 1. The summed E-state index contributed by atoms with van der Waals surface area (Å²) in [6.07, 6.45) is 0. The number of esters is 1. The Hall–Kier alpha value is -4.27. The number of nitrogens with zero attached hydrogens (tertiary/aromatic N) is 2. The summed E-state index contributed by atoms with van der Waals surface area (Å²) >= 11 is 0. The van der Waals surface area contributed by atoms with Crippen LogP contribution in [0.3, 0.4) is 0 Å². The molecule has 1 saturated heterocycles. The summed E-state index contributed by atoms with van der Waals surface area (Å²) in [5.41, 5.74) is 1.93. The van der Waals surface area contributed by atoms with Crippen LogP contribution < -0.4 is 5.32 Å². The first kappa shape index (κ1) is 23.9. The third-order valence-corrected chi connectivity index (χ3v) is 6.28. The van der Waals surface area contributed by atoms with Gasteiger partial charge in [0.1, 0.15) is 11.4 Å².